The third-order valence-corrected chi connectivity index (χ3v) is 8.15. The van der Waals surface area contributed by atoms with Crippen molar-refractivity contribution in [2.75, 3.05) is 25.2 Å². The number of amides is 1. The molecule has 0 aliphatic carbocycles. The predicted molar refractivity (Wildman–Crippen MR) is 157 cm³/mol. The fraction of sp³-hybridized carbons (Fsp3) is 0.355. The second-order valence-electron chi connectivity index (χ2n) is 10.4. The number of carbonyl (C=O) groups is 2. The quantitative estimate of drug-likeness (QED) is 0.230. The number of carbonyl (C=O) groups excluding carboxylic acids is 2. The van der Waals surface area contributed by atoms with Crippen molar-refractivity contribution < 1.29 is 28.2 Å². The van der Waals surface area contributed by atoms with Gasteiger partial charge in [0.15, 0.2) is 22.1 Å². The minimum Gasteiger partial charge on any atom is -0.493 e. The third-order valence-electron chi connectivity index (χ3n) is 7.01. The highest BCUT2D eigenvalue weighted by Gasteiger charge is 2.45. The SMILES string of the molecule is CCOC(=O)c1sc(N2C(=O)c3oc4cc(C)c(C)cc4c(=O)c3C2c2ccc(OCC(C)C)c(OC)c2)nc1C. The largest absolute Gasteiger partial charge is 0.493 e. The van der Waals surface area contributed by atoms with Crippen LogP contribution in [0.2, 0.25) is 0 Å². The molecular formula is C31H32N2O7S. The molecule has 2 aromatic carbocycles. The number of methoxy groups -OCH3 is 1. The van der Waals surface area contributed by atoms with Crippen molar-refractivity contribution in [1.29, 1.82) is 0 Å². The predicted octanol–water partition coefficient (Wildman–Crippen LogP) is 6.14. The standard InChI is InChI=1S/C31H32N2O7S/c1-8-38-30(36)28-18(6)32-31(41-28)33-25(19-9-10-21(23(13-19)37-7)39-14-15(2)3)24-26(34)20-11-16(4)17(5)12-22(20)40-27(24)29(33)35/h9-13,15,25H,8,14H2,1-7H3. The van der Waals surface area contributed by atoms with Crippen LogP contribution in [0.25, 0.3) is 11.0 Å². The fourth-order valence-electron chi connectivity index (χ4n) is 4.84. The molecule has 5 rings (SSSR count). The molecular weight excluding hydrogens is 544 g/mol. The smallest absolute Gasteiger partial charge is 0.350 e. The van der Waals surface area contributed by atoms with Crippen molar-refractivity contribution in [2.45, 2.75) is 47.6 Å². The van der Waals surface area contributed by atoms with E-state index in [9.17, 15) is 14.4 Å². The van der Waals surface area contributed by atoms with Gasteiger partial charge in [0.05, 0.1) is 43.0 Å². The molecule has 0 saturated heterocycles. The Bertz CT molecular complexity index is 1740. The highest BCUT2D eigenvalue weighted by molar-refractivity contribution is 7.17. The summed E-state index contributed by atoms with van der Waals surface area (Å²) >= 11 is 1.04. The number of fused-ring (bicyclic) bond motifs is 2. The summed E-state index contributed by atoms with van der Waals surface area (Å²) in [6, 6.07) is 8.00. The zero-order valence-electron chi connectivity index (χ0n) is 24.1. The minimum absolute atomic E-state index is 0.0552. The van der Waals surface area contributed by atoms with E-state index in [1.807, 2.05) is 27.7 Å². The molecule has 214 valence electrons. The number of nitrogens with zero attached hydrogens (tertiary/aromatic N) is 2. The molecule has 0 radical (unpaired) electrons. The van der Waals surface area contributed by atoms with Crippen LogP contribution in [0.4, 0.5) is 5.13 Å². The van der Waals surface area contributed by atoms with Gasteiger partial charge in [-0.1, -0.05) is 31.3 Å². The lowest BCUT2D eigenvalue weighted by Crippen LogP contribution is -2.29. The molecule has 41 heavy (non-hydrogen) atoms. The van der Waals surface area contributed by atoms with Crippen molar-refractivity contribution in [3.05, 3.63) is 79.1 Å². The van der Waals surface area contributed by atoms with Gasteiger partial charge in [-0.3, -0.25) is 14.5 Å². The van der Waals surface area contributed by atoms with E-state index >= 15 is 0 Å². The Balaban J connectivity index is 1.73. The van der Waals surface area contributed by atoms with Crippen LogP contribution in [0, 0.1) is 26.7 Å². The Hall–Kier alpha value is -4.18. The second-order valence-corrected chi connectivity index (χ2v) is 11.4. The number of benzene rings is 2. The van der Waals surface area contributed by atoms with Crippen LogP contribution in [-0.4, -0.2) is 37.2 Å². The summed E-state index contributed by atoms with van der Waals surface area (Å²) in [5.41, 5.74) is 3.14. The van der Waals surface area contributed by atoms with Gasteiger partial charge in [0, 0.05) is 0 Å². The lowest BCUT2D eigenvalue weighted by atomic mass is 9.97. The summed E-state index contributed by atoms with van der Waals surface area (Å²) in [5, 5.41) is 0.639. The topological polar surface area (TPSA) is 108 Å². The number of rotatable bonds is 8. The van der Waals surface area contributed by atoms with Gasteiger partial charge < -0.3 is 18.6 Å². The molecule has 0 N–H and O–H groups in total. The van der Waals surface area contributed by atoms with Gasteiger partial charge >= 0.3 is 5.97 Å². The maximum atomic E-state index is 14.1. The van der Waals surface area contributed by atoms with Crippen LogP contribution >= 0.6 is 11.3 Å². The number of ether oxygens (including phenoxy) is 3. The Kier molecular flexibility index (Phi) is 7.61. The first-order valence-corrected chi connectivity index (χ1v) is 14.2. The van der Waals surface area contributed by atoms with Crippen molar-refractivity contribution >= 4 is 39.3 Å². The number of thiazole rings is 1. The molecule has 0 spiro atoms. The average molecular weight is 577 g/mol. The van der Waals surface area contributed by atoms with E-state index in [-0.39, 0.29) is 33.4 Å². The third kappa shape index (κ3) is 4.97. The average Bonchev–Trinajstić information content (AvgIpc) is 3.46. The fourth-order valence-corrected chi connectivity index (χ4v) is 5.83. The monoisotopic (exact) mass is 576 g/mol. The zero-order chi connectivity index (χ0) is 29.6. The Morgan fingerprint density at radius 1 is 1.10 bits per heavy atom. The van der Waals surface area contributed by atoms with Crippen LogP contribution < -0.4 is 19.8 Å². The van der Waals surface area contributed by atoms with Gasteiger partial charge in [0.1, 0.15) is 10.5 Å². The normalized spacial score (nSPS) is 14.6. The van der Waals surface area contributed by atoms with Gasteiger partial charge in [0.25, 0.3) is 5.91 Å². The zero-order valence-corrected chi connectivity index (χ0v) is 24.9. The molecule has 1 atom stereocenters. The molecule has 0 saturated carbocycles. The molecule has 2 aromatic heterocycles. The van der Waals surface area contributed by atoms with Crippen LogP contribution in [-0.2, 0) is 4.74 Å². The Morgan fingerprint density at radius 3 is 2.51 bits per heavy atom. The molecule has 0 bridgehead atoms. The van der Waals surface area contributed by atoms with E-state index in [1.165, 1.54) is 12.0 Å². The van der Waals surface area contributed by atoms with E-state index in [0.29, 0.717) is 46.3 Å². The van der Waals surface area contributed by atoms with E-state index in [1.54, 1.807) is 44.2 Å². The van der Waals surface area contributed by atoms with E-state index in [0.717, 1.165) is 22.5 Å². The van der Waals surface area contributed by atoms with Gasteiger partial charge in [-0.2, -0.15) is 0 Å². The van der Waals surface area contributed by atoms with E-state index in [2.05, 4.69) is 4.98 Å². The number of hydrogen-bond acceptors (Lipinski definition) is 9. The van der Waals surface area contributed by atoms with Crippen molar-refractivity contribution in [1.82, 2.24) is 4.98 Å². The summed E-state index contributed by atoms with van der Waals surface area (Å²) < 4.78 is 22.9. The Morgan fingerprint density at radius 2 is 1.83 bits per heavy atom. The number of esters is 1. The maximum absolute atomic E-state index is 14.1. The van der Waals surface area contributed by atoms with Crippen LogP contribution in [0.15, 0.2) is 39.5 Å². The van der Waals surface area contributed by atoms with E-state index in [4.69, 9.17) is 18.6 Å². The molecule has 9 nitrogen and oxygen atoms in total. The lowest BCUT2D eigenvalue weighted by molar-refractivity contribution is 0.0531. The second kappa shape index (κ2) is 11.0. The highest BCUT2D eigenvalue weighted by atomic mass is 32.1. The minimum atomic E-state index is -0.881. The lowest BCUT2D eigenvalue weighted by Gasteiger charge is -2.23. The van der Waals surface area contributed by atoms with E-state index < -0.39 is 17.9 Å². The summed E-state index contributed by atoms with van der Waals surface area (Å²) in [7, 11) is 1.54. The summed E-state index contributed by atoms with van der Waals surface area (Å²) in [6.07, 6.45) is 0. The molecule has 1 unspecified atom stereocenters. The van der Waals surface area contributed by atoms with Crippen molar-refractivity contribution in [3.8, 4) is 11.5 Å². The number of aryl methyl sites for hydroxylation is 3. The Labute approximate surface area is 241 Å². The van der Waals surface area contributed by atoms with Crippen LogP contribution in [0.1, 0.15) is 75.0 Å². The highest BCUT2D eigenvalue weighted by Crippen LogP contribution is 2.45. The van der Waals surface area contributed by atoms with Gasteiger partial charge in [-0.25, -0.2) is 9.78 Å². The van der Waals surface area contributed by atoms with Crippen LogP contribution in [0.5, 0.6) is 11.5 Å². The number of aromatic nitrogens is 1. The molecule has 10 heteroatoms. The van der Waals surface area contributed by atoms with Gasteiger partial charge in [-0.15, -0.1) is 0 Å². The molecule has 3 heterocycles. The van der Waals surface area contributed by atoms with Crippen LogP contribution in [0.3, 0.4) is 0 Å². The summed E-state index contributed by atoms with van der Waals surface area (Å²) in [6.45, 7) is 12.0. The number of anilines is 1. The van der Waals surface area contributed by atoms with Gasteiger partial charge in [-0.05, 0) is 74.6 Å². The molecule has 1 amide bonds. The molecule has 1 aliphatic rings. The first-order valence-electron chi connectivity index (χ1n) is 13.4. The molecule has 1 aliphatic heterocycles. The first-order chi connectivity index (χ1) is 19.5. The number of hydrogen-bond donors (Lipinski definition) is 0. The van der Waals surface area contributed by atoms with Crippen molar-refractivity contribution in [3.63, 3.8) is 0 Å². The summed E-state index contributed by atoms with van der Waals surface area (Å²) in [5.74, 6) is 0.219. The molecule has 0 fully saturated rings. The molecule has 4 aromatic rings. The summed E-state index contributed by atoms with van der Waals surface area (Å²) in [4.78, 5) is 47.0. The van der Waals surface area contributed by atoms with Crippen molar-refractivity contribution in [2.24, 2.45) is 5.92 Å². The van der Waals surface area contributed by atoms with Gasteiger partial charge in [0.2, 0.25) is 5.76 Å². The maximum Gasteiger partial charge on any atom is 0.350 e. The first kappa shape index (κ1) is 28.4.